The Hall–Kier alpha value is -2.82. The number of ketones is 1. The molecule has 0 aliphatic carbocycles. The van der Waals surface area contributed by atoms with Gasteiger partial charge in [-0.3, -0.25) is 4.79 Å². The Labute approximate surface area is 253 Å². The van der Waals surface area contributed by atoms with Crippen LogP contribution in [0.5, 0.6) is 11.5 Å². The zero-order valence-electron chi connectivity index (χ0n) is 28.0. The number of aromatic hydroxyl groups is 2. The molecule has 7 heteroatoms. The fourth-order valence-corrected chi connectivity index (χ4v) is 5.12. The second-order valence-corrected chi connectivity index (χ2v) is 17.3. The third-order valence-electron chi connectivity index (χ3n) is 7.06. The van der Waals surface area contributed by atoms with Crippen molar-refractivity contribution in [2.24, 2.45) is 0 Å². The molecule has 0 spiro atoms. The molecule has 2 rings (SSSR count). The van der Waals surface area contributed by atoms with Gasteiger partial charge in [0, 0.05) is 36.0 Å². The van der Waals surface area contributed by atoms with Crippen LogP contribution in [-0.2, 0) is 40.1 Å². The van der Waals surface area contributed by atoms with E-state index in [0.29, 0.717) is 5.56 Å². The van der Waals surface area contributed by atoms with E-state index in [4.69, 9.17) is 9.05 Å². The van der Waals surface area contributed by atoms with Gasteiger partial charge in [0.15, 0.2) is 5.76 Å². The van der Waals surface area contributed by atoms with E-state index in [2.05, 4.69) is 0 Å². The number of carbonyl (C=O) groups excluding carboxylic acids is 1. The van der Waals surface area contributed by atoms with Crippen molar-refractivity contribution in [3.8, 4) is 11.5 Å². The van der Waals surface area contributed by atoms with Crippen molar-refractivity contribution < 1.29 is 28.6 Å². The van der Waals surface area contributed by atoms with Crippen LogP contribution in [0.2, 0.25) is 0 Å². The molecule has 1 unspecified atom stereocenters. The highest BCUT2D eigenvalue weighted by molar-refractivity contribution is 7.53. The van der Waals surface area contributed by atoms with Crippen molar-refractivity contribution in [1.82, 2.24) is 0 Å². The molecule has 0 saturated carbocycles. The summed E-state index contributed by atoms with van der Waals surface area (Å²) < 4.78 is 23.6. The van der Waals surface area contributed by atoms with Crippen molar-refractivity contribution in [3.63, 3.8) is 0 Å². The summed E-state index contributed by atoms with van der Waals surface area (Å²) in [5.41, 5.74) is 2.98. The highest BCUT2D eigenvalue weighted by atomic mass is 31.2. The molecule has 2 aromatic rings. The van der Waals surface area contributed by atoms with Crippen molar-refractivity contribution >= 4 is 25.5 Å². The molecule has 0 radical (unpaired) electrons. The number of carbonyl (C=O) groups is 1. The largest absolute Gasteiger partial charge is 0.507 e. The first-order valence-corrected chi connectivity index (χ1v) is 16.3. The average molecular weight is 599 g/mol. The minimum absolute atomic E-state index is 0.143. The first-order valence-electron chi connectivity index (χ1n) is 14.3. The summed E-state index contributed by atoms with van der Waals surface area (Å²) in [4.78, 5) is 13.6. The van der Waals surface area contributed by atoms with Gasteiger partial charge in [-0.15, -0.1) is 0 Å². The lowest BCUT2D eigenvalue weighted by Gasteiger charge is -2.28. The van der Waals surface area contributed by atoms with Crippen molar-refractivity contribution in [2.45, 2.75) is 105 Å². The number of rotatable bonds is 7. The third kappa shape index (κ3) is 8.84. The molecular formula is C35H51O6P. The fourth-order valence-electron chi connectivity index (χ4n) is 4.54. The lowest BCUT2D eigenvalue weighted by molar-refractivity contribution is -0.113. The van der Waals surface area contributed by atoms with E-state index in [0.717, 1.165) is 27.8 Å². The van der Waals surface area contributed by atoms with Crippen LogP contribution in [0, 0.1) is 0 Å². The quantitative estimate of drug-likeness (QED) is 0.187. The highest BCUT2D eigenvalue weighted by Crippen LogP contribution is 2.46. The Kier molecular flexibility index (Phi) is 10.2. The Morgan fingerprint density at radius 2 is 1.02 bits per heavy atom. The van der Waals surface area contributed by atoms with Crippen LogP contribution in [0.25, 0.3) is 12.2 Å². The zero-order chi connectivity index (χ0) is 32.6. The molecule has 0 saturated heterocycles. The van der Waals surface area contributed by atoms with Gasteiger partial charge < -0.3 is 19.3 Å². The third-order valence-corrected chi connectivity index (χ3v) is 8.25. The minimum Gasteiger partial charge on any atom is -0.507 e. The maximum absolute atomic E-state index is 13.6. The normalized spacial score (nSPS) is 15.1. The van der Waals surface area contributed by atoms with E-state index in [1.807, 2.05) is 107 Å². The van der Waals surface area contributed by atoms with Crippen LogP contribution in [0.4, 0.5) is 0 Å². The molecular weight excluding hydrogens is 547 g/mol. The fraction of sp³-hybridized carbons (Fsp3) is 0.514. The summed E-state index contributed by atoms with van der Waals surface area (Å²) in [6, 6.07) is 7.40. The number of benzene rings is 2. The minimum atomic E-state index is -3.59. The van der Waals surface area contributed by atoms with E-state index in [1.54, 1.807) is 12.2 Å². The molecule has 6 nitrogen and oxygen atoms in total. The van der Waals surface area contributed by atoms with Crippen LogP contribution in [0.15, 0.2) is 36.1 Å². The van der Waals surface area contributed by atoms with Crippen LogP contribution in [0.3, 0.4) is 0 Å². The smallest absolute Gasteiger partial charge is 0.375 e. The highest BCUT2D eigenvalue weighted by Gasteiger charge is 2.29. The second kappa shape index (κ2) is 12.1. The Morgan fingerprint density at radius 3 is 1.33 bits per heavy atom. The van der Waals surface area contributed by atoms with Gasteiger partial charge in [0.1, 0.15) is 11.5 Å². The summed E-state index contributed by atoms with van der Waals surface area (Å²) in [5, 5.41) is 22.2. The topological polar surface area (TPSA) is 93.1 Å². The van der Waals surface area contributed by atoms with E-state index < -0.39 is 13.4 Å². The SMILES string of the molecule is COP(C)(=O)OC(=Cc1cc(C(C)(C)C)c(O)c(C(C)(C)C)c1)C(=O)C=Cc1cc(C(C)(C)C)c(O)c(C(C)(C)C)c1. The van der Waals surface area contributed by atoms with Gasteiger partial charge in [-0.1, -0.05) is 89.2 Å². The van der Waals surface area contributed by atoms with Gasteiger partial charge >= 0.3 is 7.60 Å². The predicted molar refractivity (Wildman–Crippen MR) is 175 cm³/mol. The van der Waals surface area contributed by atoms with Crippen LogP contribution < -0.4 is 0 Å². The van der Waals surface area contributed by atoms with E-state index in [9.17, 15) is 19.6 Å². The molecule has 0 aliphatic heterocycles. The Balaban J connectivity index is 2.76. The van der Waals surface area contributed by atoms with Gasteiger partial charge in [0.25, 0.3) is 0 Å². The average Bonchev–Trinajstić information content (AvgIpc) is 2.80. The first-order chi connectivity index (χ1) is 18.8. The van der Waals surface area contributed by atoms with Crippen LogP contribution in [0.1, 0.15) is 116 Å². The monoisotopic (exact) mass is 598 g/mol. The molecule has 232 valence electrons. The zero-order valence-corrected chi connectivity index (χ0v) is 28.9. The summed E-state index contributed by atoms with van der Waals surface area (Å²) in [5.74, 6) is -0.170. The number of phenolic OH excluding ortho intramolecular Hbond substituents is 2. The molecule has 1 atom stereocenters. The molecule has 0 heterocycles. The van der Waals surface area contributed by atoms with E-state index in [1.165, 1.54) is 19.9 Å². The molecule has 0 aliphatic rings. The van der Waals surface area contributed by atoms with E-state index in [-0.39, 0.29) is 38.9 Å². The Morgan fingerprint density at radius 1 is 0.690 bits per heavy atom. The molecule has 2 N–H and O–H groups in total. The predicted octanol–water partition coefficient (Wildman–Crippen LogP) is 9.40. The lowest BCUT2D eigenvalue weighted by Crippen LogP contribution is -2.17. The van der Waals surface area contributed by atoms with Crippen molar-refractivity contribution in [2.75, 3.05) is 13.8 Å². The summed E-state index contributed by atoms with van der Waals surface area (Å²) in [7, 11) is -2.32. The van der Waals surface area contributed by atoms with Gasteiger partial charge in [-0.05, 0) is 69.2 Å². The molecule has 0 bridgehead atoms. The van der Waals surface area contributed by atoms with Crippen LogP contribution >= 0.6 is 7.60 Å². The standard InChI is InChI=1S/C35H51O6P/c1-32(2,3)24-17-22(18-25(30(24)37)33(4,5)6)15-16-28(36)29(41-42(14,39)40-13)21-23-19-26(34(7,8)9)31(38)27(20-23)35(10,11)12/h15-21,37-38H,1-14H3. The summed E-state index contributed by atoms with van der Waals surface area (Å²) in [6.07, 6.45) is 4.60. The second-order valence-electron chi connectivity index (χ2n) is 15.2. The number of hydrogen-bond donors (Lipinski definition) is 2. The van der Waals surface area contributed by atoms with Crippen molar-refractivity contribution in [1.29, 1.82) is 0 Å². The molecule has 42 heavy (non-hydrogen) atoms. The number of allylic oxidation sites excluding steroid dienone is 1. The summed E-state index contributed by atoms with van der Waals surface area (Å²) in [6.45, 7) is 25.5. The van der Waals surface area contributed by atoms with Gasteiger partial charge in [0.2, 0.25) is 5.78 Å². The van der Waals surface area contributed by atoms with Crippen LogP contribution in [-0.4, -0.2) is 29.8 Å². The lowest BCUT2D eigenvalue weighted by atomic mass is 9.78. The van der Waals surface area contributed by atoms with Crippen molar-refractivity contribution in [3.05, 3.63) is 69.5 Å². The maximum Gasteiger partial charge on any atom is 0.375 e. The first kappa shape index (κ1) is 35.4. The maximum atomic E-state index is 13.6. The van der Waals surface area contributed by atoms with Gasteiger partial charge in [-0.2, -0.15) is 0 Å². The number of phenols is 2. The van der Waals surface area contributed by atoms with E-state index >= 15 is 0 Å². The molecule has 0 fully saturated rings. The van der Waals surface area contributed by atoms with Gasteiger partial charge in [-0.25, -0.2) is 4.57 Å². The summed E-state index contributed by atoms with van der Waals surface area (Å²) >= 11 is 0. The Bertz CT molecular complexity index is 1360. The molecule has 2 aromatic carbocycles. The van der Waals surface area contributed by atoms with Gasteiger partial charge in [0.05, 0.1) is 0 Å². The molecule has 0 aromatic heterocycles. The molecule has 0 amide bonds. The number of hydrogen-bond acceptors (Lipinski definition) is 6.